The van der Waals surface area contributed by atoms with Gasteiger partial charge in [-0.2, -0.15) is 161 Å². The van der Waals surface area contributed by atoms with Crippen LogP contribution in [0.5, 0.6) is 0 Å². The molecule has 8 aromatic carbocycles. The van der Waals surface area contributed by atoms with Crippen LogP contribution >= 0.6 is 0 Å². The van der Waals surface area contributed by atoms with Gasteiger partial charge in [0.25, 0.3) is 0 Å². The quantitative estimate of drug-likeness (QED) is 0.135. The van der Waals surface area contributed by atoms with Crippen molar-refractivity contribution < 1.29 is 101 Å². The molecule has 105 heavy (non-hydrogen) atoms. The van der Waals surface area contributed by atoms with Crippen molar-refractivity contribution in [2.75, 3.05) is 84.2 Å². The molecule has 0 aliphatic carbocycles. The van der Waals surface area contributed by atoms with Gasteiger partial charge >= 0.3 is 0 Å². The van der Waals surface area contributed by atoms with Gasteiger partial charge in [-0.25, -0.2) is 24.9 Å². The van der Waals surface area contributed by atoms with E-state index in [1.54, 1.807) is 0 Å². The van der Waals surface area contributed by atoms with Crippen LogP contribution in [0.1, 0.15) is 11.1 Å². The van der Waals surface area contributed by atoms with Crippen LogP contribution in [-0.4, -0.2) is 60.2 Å². The van der Waals surface area contributed by atoms with Gasteiger partial charge in [-0.15, -0.1) is 51.7 Å². The molecule has 5 aliphatic heterocycles. The van der Waals surface area contributed by atoms with Crippen molar-refractivity contribution in [1.82, 2.24) is 24.9 Å². The molecule has 18 rings (SSSR count). The Labute approximate surface area is 685 Å². The Kier molecular flexibility index (Phi) is 28.2. The van der Waals surface area contributed by atoms with Crippen LogP contribution in [0, 0.1) is 77.5 Å². The first kappa shape index (κ1) is 79.9. The van der Waals surface area contributed by atoms with E-state index in [0.717, 1.165) is 97.2 Å². The van der Waals surface area contributed by atoms with Gasteiger partial charge in [0, 0.05) is 159 Å². The second-order valence-electron chi connectivity index (χ2n) is 24.2. The third kappa shape index (κ3) is 18.2. The molecule has 10 heterocycles. The van der Waals surface area contributed by atoms with Gasteiger partial charge in [0.15, 0.2) is 0 Å². The van der Waals surface area contributed by atoms with Crippen LogP contribution in [-0.2, 0) is 101 Å². The van der Waals surface area contributed by atoms with Crippen LogP contribution in [0.25, 0.3) is 33.5 Å². The van der Waals surface area contributed by atoms with E-state index in [9.17, 15) is 0 Å². The zero-order valence-corrected chi connectivity index (χ0v) is 70.2. The van der Waals surface area contributed by atoms with Gasteiger partial charge in [-0.05, 0) is 120 Å². The first-order valence-electron chi connectivity index (χ1n) is 32.8. The molecule has 0 fully saturated rings. The number of pyridine rings is 5. The Bertz CT molecular complexity index is 4670. The molecular formula is C85H71Ir5N15-10. The van der Waals surface area contributed by atoms with Crippen molar-refractivity contribution >= 4 is 86.0 Å². The zero-order valence-electron chi connectivity index (χ0n) is 58.2. The van der Waals surface area contributed by atoms with Gasteiger partial charge in [-0.3, -0.25) is 0 Å². The molecular weight excluding hydrogens is 2190 g/mol. The van der Waals surface area contributed by atoms with E-state index in [4.69, 9.17) is 4.98 Å². The Hall–Kier alpha value is -9.24. The standard InChI is InChI=1S/3C19H15N3.2C14H13N3.5Ir/c1-21-14-22(16-10-6-3-7-11-16)19-18(21)13-12-17(20-19)15-8-4-2-5-9-15;2*1-21-14-22(19-18(21)11-6-12-20-19)17-10-5-9-16(13-17)15-7-3-2-4-8-15;2*1-11-8-13-14(15-9-11)17(10-16(13)2)12-6-4-3-5-7-12;;;;;/h2-10,12-14H,1H3;2*2-9,11-14H,1H3;2*3-6,8-10H,1-2H3;;;;;/q5*-2;;;;;. The molecule has 0 bridgehead atoms. The second-order valence-corrected chi connectivity index (χ2v) is 24.2. The molecule has 5 radical (unpaired) electrons. The van der Waals surface area contributed by atoms with Crippen molar-refractivity contribution in [3.8, 4) is 33.5 Å². The summed E-state index contributed by atoms with van der Waals surface area (Å²) >= 11 is 0. The van der Waals surface area contributed by atoms with E-state index in [2.05, 4.69) is 234 Å². The summed E-state index contributed by atoms with van der Waals surface area (Å²) in [5.74, 6) is 4.73. The van der Waals surface area contributed by atoms with Crippen LogP contribution in [0.4, 0.5) is 86.0 Å². The van der Waals surface area contributed by atoms with Gasteiger partial charge in [-0.1, -0.05) is 91.0 Å². The second kappa shape index (κ2) is 37.1. The fraction of sp³-hybridized carbons (Fsp3) is 0.0824. The number of para-hydroxylation sites is 3. The largest absolute Gasteiger partial charge is 0.502 e. The SMILES string of the molecule is CN1[CH-]N(c2[c-]ccc(-c3ccccc3)c2)c2ncccc21.CN1[CH-]N(c2[c-]ccc(-c3ccccc3)c2)c2ncccc21.CN1[CH-]N(c2[c-]cccc2)c2nc(-c3ccccc3)ccc21.Cc1cnc2c(c1)N(C)[CH-]N2c1[c-]cccc1.Cc1cnc2c(c1)N(C)[CH-]N2c1[c-]cccc1.[Ir].[Ir].[Ir].[Ir].[Ir]. The maximum absolute atomic E-state index is 4.86. The Morgan fingerprint density at radius 3 is 0.971 bits per heavy atom. The molecule has 0 saturated heterocycles. The molecule has 13 aromatic rings. The molecule has 0 atom stereocenters. The van der Waals surface area contributed by atoms with E-state index in [-0.39, 0.29) is 101 Å². The number of hydrogen-bond acceptors (Lipinski definition) is 15. The molecule has 15 nitrogen and oxygen atoms in total. The fourth-order valence-corrected chi connectivity index (χ4v) is 12.1. The average Bonchev–Trinajstić information content (AvgIpc) is 1.66. The van der Waals surface area contributed by atoms with Gasteiger partial charge in [0.2, 0.25) is 0 Å². The molecule has 0 spiro atoms. The summed E-state index contributed by atoms with van der Waals surface area (Å²) in [4.78, 5) is 43.6. The van der Waals surface area contributed by atoms with Gasteiger partial charge in [0.05, 0.1) is 5.69 Å². The number of anilines is 15. The normalized spacial score (nSPS) is 12.9. The minimum Gasteiger partial charge on any atom is -0.502 e. The smallest absolute Gasteiger partial charge is 0.125 e. The first-order valence-corrected chi connectivity index (χ1v) is 32.8. The van der Waals surface area contributed by atoms with Crippen molar-refractivity contribution in [3.63, 3.8) is 0 Å². The van der Waals surface area contributed by atoms with E-state index in [1.807, 2.05) is 221 Å². The van der Waals surface area contributed by atoms with Crippen molar-refractivity contribution in [1.29, 1.82) is 0 Å². The van der Waals surface area contributed by atoms with Gasteiger partial charge < -0.3 is 49.0 Å². The summed E-state index contributed by atoms with van der Waals surface area (Å²) in [6.45, 7) is 14.3. The van der Waals surface area contributed by atoms with Crippen LogP contribution in [0.15, 0.2) is 274 Å². The number of fused-ring (bicyclic) bond motifs is 5. The maximum Gasteiger partial charge on any atom is 0.125 e. The number of nitrogens with zero attached hydrogens (tertiary/aromatic N) is 15. The summed E-state index contributed by atoms with van der Waals surface area (Å²) < 4.78 is 0. The van der Waals surface area contributed by atoms with Crippen LogP contribution < -0.4 is 49.0 Å². The Morgan fingerprint density at radius 1 is 0.267 bits per heavy atom. The summed E-state index contributed by atoms with van der Waals surface area (Å²) in [5, 5.41) is 0. The third-order valence-corrected chi connectivity index (χ3v) is 17.1. The molecule has 0 saturated carbocycles. The number of aryl methyl sites for hydroxylation is 2. The van der Waals surface area contributed by atoms with E-state index in [0.29, 0.717) is 0 Å². The minimum absolute atomic E-state index is 0. The summed E-state index contributed by atoms with van der Waals surface area (Å²) in [5.41, 5.74) is 19.7. The van der Waals surface area contributed by atoms with Crippen molar-refractivity contribution in [2.24, 2.45) is 0 Å². The number of aromatic nitrogens is 5. The molecule has 0 N–H and O–H groups in total. The van der Waals surface area contributed by atoms with Crippen LogP contribution in [0.2, 0.25) is 0 Å². The number of hydrogen-bond donors (Lipinski definition) is 0. The predicted octanol–water partition coefficient (Wildman–Crippen LogP) is 18.6. The van der Waals surface area contributed by atoms with Crippen molar-refractivity contribution in [3.05, 3.63) is 348 Å². The average molecular weight is 2260 g/mol. The minimum atomic E-state index is 0. The van der Waals surface area contributed by atoms with E-state index < -0.39 is 0 Å². The molecule has 541 valence electrons. The molecule has 5 aliphatic rings. The molecule has 5 aromatic heterocycles. The van der Waals surface area contributed by atoms with E-state index >= 15 is 0 Å². The topological polar surface area (TPSA) is 96.8 Å². The van der Waals surface area contributed by atoms with Crippen LogP contribution in [0.3, 0.4) is 0 Å². The van der Waals surface area contributed by atoms with E-state index in [1.165, 1.54) is 33.4 Å². The predicted molar refractivity (Wildman–Crippen MR) is 408 cm³/mol. The third-order valence-electron chi connectivity index (χ3n) is 17.1. The molecule has 0 amide bonds. The fourth-order valence-electron chi connectivity index (χ4n) is 12.1. The number of rotatable bonds is 8. The number of benzene rings is 8. The van der Waals surface area contributed by atoms with Gasteiger partial charge in [0.1, 0.15) is 29.1 Å². The summed E-state index contributed by atoms with van der Waals surface area (Å²) in [6.07, 6.45) is 7.42. The molecule has 20 heteroatoms. The Morgan fingerprint density at radius 2 is 0.590 bits per heavy atom. The monoisotopic (exact) mass is 2270 g/mol. The first-order chi connectivity index (χ1) is 49.0. The zero-order chi connectivity index (χ0) is 68.5. The maximum atomic E-state index is 4.86. The summed E-state index contributed by atoms with van der Waals surface area (Å²) in [7, 11) is 10.2. The molecule has 0 unspecified atom stereocenters. The van der Waals surface area contributed by atoms with Crippen molar-refractivity contribution in [2.45, 2.75) is 13.8 Å². The Balaban J connectivity index is 0.000000151. The summed E-state index contributed by atoms with van der Waals surface area (Å²) in [6, 6.07) is 99.9.